The van der Waals surface area contributed by atoms with Crippen molar-refractivity contribution in [3.05, 3.63) is 0 Å². The third-order valence-corrected chi connectivity index (χ3v) is 3.21. The Hall–Kier alpha value is -0.0500. The van der Waals surface area contributed by atoms with Crippen LogP contribution in [0.25, 0.3) is 0 Å². The van der Waals surface area contributed by atoms with Gasteiger partial charge in [-0.25, -0.2) is 4.21 Å². The van der Waals surface area contributed by atoms with E-state index in [0.717, 1.165) is 6.42 Å². The Morgan fingerprint density at radius 2 is 2.12 bits per heavy atom. The highest BCUT2D eigenvalue weighted by molar-refractivity contribution is 7.92. The molecule has 0 fully saturated rings. The first-order chi connectivity index (χ1) is 3.48. The summed E-state index contributed by atoms with van der Waals surface area (Å²) in [5.41, 5.74) is 0. The number of rotatable bonds is 2. The molecule has 0 heterocycles. The molecule has 0 aromatic heterocycles. The van der Waals surface area contributed by atoms with Crippen LogP contribution in [0.1, 0.15) is 20.3 Å². The average Bonchev–Trinajstić information content (AvgIpc) is 1.62. The van der Waals surface area contributed by atoms with Crippen LogP contribution < -0.4 is 0 Å². The molecule has 0 saturated heterocycles. The smallest absolute Gasteiger partial charge is 0.0438 e. The quantitative estimate of drug-likeness (QED) is 0.612. The van der Waals surface area contributed by atoms with Crippen molar-refractivity contribution in [2.24, 2.45) is 0 Å². The average molecular weight is 135 g/mol. The highest BCUT2D eigenvalue weighted by Crippen LogP contribution is 2.01. The zero-order valence-electron chi connectivity index (χ0n) is 5.60. The van der Waals surface area contributed by atoms with Gasteiger partial charge in [-0.2, -0.15) is 0 Å². The molecule has 0 saturated carbocycles. The first-order valence-corrected chi connectivity index (χ1v) is 4.74. The molecule has 0 bridgehead atoms. The molecule has 0 aromatic carbocycles. The fourth-order valence-corrected chi connectivity index (χ4v) is 0.954. The van der Waals surface area contributed by atoms with Crippen molar-refractivity contribution in [2.75, 3.05) is 6.26 Å². The second kappa shape index (κ2) is 2.49. The summed E-state index contributed by atoms with van der Waals surface area (Å²) in [6, 6.07) is 0. The van der Waals surface area contributed by atoms with Gasteiger partial charge >= 0.3 is 0 Å². The van der Waals surface area contributed by atoms with Gasteiger partial charge in [0.2, 0.25) is 0 Å². The van der Waals surface area contributed by atoms with Crippen LogP contribution in [0.4, 0.5) is 0 Å². The van der Waals surface area contributed by atoms with Crippen molar-refractivity contribution in [1.29, 1.82) is 4.78 Å². The lowest BCUT2D eigenvalue weighted by Crippen LogP contribution is -2.12. The van der Waals surface area contributed by atoms with E-state index in [4.69, 9.17) is 4.78 Å². The van der Waals surface area contributed by atoms with E-state index in [1.54, 1.807) is 0 Å². The van der Waals surface area contributed by atoms with Gasteiger partial charge in [0.1, 0.15) is 0 Å². The highest BCUT2D eigenvalue weighted by Gasteiger charge is 2.06. The van der Waals surface area contributed by atoms with Crippen LogP contribution in [0, 0.1) is 4.78 Å². The summed E-state index contributed by atoms with van der Waals surface area (Å²) in [5.74, 6) is 0. The predicted octanol–water partition coefficient (Wildman–Crippen LogP) is 1.46. The zero-order valence-corrected chi connectivity index (χ0v) is 6.42. The molecule has 0 aliphatic rings. The van der Waals surface area contributed by atoms with E-state index < -0.39 is 9.73 Å². The first kappa shape index (κ1) is 7.95. The minimum Gasteiger partial charge on any atom is -0.253 e. The molecule has 8 heavy (non-hydrogen) atoms. The molecule has 50 valence electrons. The van der Waals surface area contributed by atoms with Gasteiger partial charge in [0, 0.05) is 21.2 Å². The molecule has 2 nitrogen and oxygen atoms in total. The van der Waals surface area contributed by atoms with Crippen molar-refractivity contribution in [1.82, 2.24) is 0 Å². The normalized spacial score (nSPS) is 21.9. The van der Waals surface area contributed by atoms with Crippen molar-refractivity contribution in [3.8, 4) is 0 Å². The largest absolute Gasteiger partial charge is 0.253 e. The van der Waals surface area contributed by atoms with Crippen LogP contribution in [0.5, 0.6) is 0 Å². The standard InChI is InChI=1S/C5H13NOS/c1-4-5(2)8(3,6)7/h5-6H,4H2,1-3H3/t5-,8-/m0/s1. The molecule has 0 spiro atoms. The topological polar surface area (TPSA) is 40.9 Å². The first-order valence-electron chi connectivity index (χ1n) is 2.71. The Bertz CT molecular complexity index is 148. The van der Waals surface area contributed by atoms with Crippen molar-refractivity contribution >= 4 is 9.73 Å². The van der Waals surface area contributed by atoms with Gasteiger partial charge < -0.3 is 0 Å². The fraction of sp³-hybridized carbons (Fsp3) is 1.00. The Labute approximate surface area is 51.3 Å². The lowest BCUT2D eigenvalue weighted by Gasteiger charge is -2.06. The van der Waals surface area contributed by atoms with Crippen molar-refractivity contribution in [3.63, 3.8) is 0 Å². The summed E-state index contributed by atoms with van der Waals surface area (Å²) in [4.78, 5) is 0. The minimum atomic E-state index is -2.25. The van der Waals surface area contributed by atoms with Gasteiger partial charge in [0.25, 0.3) is 0 Å². The fourth-order valence-electron chi connectivity index (χ4n) is 0.318. The van der Waals surface area contributed by atoms with Gasteiger partial charge in [0.05, 0.1) is 0 Å². The lowest BCUT2D eigenvalue weighted by atomic mass is 10.4. The van der Waals surface area contributed by atoms with E-state index >= 15 is 0 Å². The van der Waals surface area contributed by atoms with E-state index in [9.17, 15) is 4.21 Å². The third kappa shape index (κ3) is 2.31. The van der Waals surface area contributed by atoms with Gasteiger partial charge in [-0.15, -0.1) is 0 Å². The second-order valence-electron chi connectivity index (χ2n) is 2.12. The number of nitrogens with one attached hydrogen (secondary N) is 1. The molecule has 0 aliphatic carbocycles. The van der Waals surface area contributed by atoms with Gasteiger partial charge in [-0.05, 0) is 13.3 Å². The van der Waals surface area contributed by atoms with Crippen LogP contribution in [0.3, 0.4) is 0 Å². The number of hydrogen-bond donors (Lipinski definition) is 1. The van der Waals surface area contributed by atoms with Gasteiger partial charge in [-0.1, -0.05) is 6.92 Å². The maximum absolute atomic E-state index is 10.8. The van der Waals surface area contributed by atoms with E-state index in [1.807, 2.05) is 13.8 Å². The molecular weight excluding hydrogens is 122 g/mol. The Morgan fingerprint density at radius 3 is 2.12 bits per heavy atom. The Kier molecular flexibility index (Phi) is 2.47. The maximum atomic E-state index is 10.8. The zero-order chi connectivity index (χ0) is 6.78. The Morgan fingerprint density at radius 1 is 1.75 bits per heavy atom. The van der Waals surface area contributed by atoms with E-state index in [0.29, 0.717) is 0 Å². The summed E-state index contributed by atoms with van der Waals surface area (Å²) in [7, 11) is -2.25. The molecule has 0 amide bonds. The Balaban J connectivity index is 4.04. The summed E-state index contributed by atoms with van der Waals surface area (Å²) in [5, 5.41) is 0.0440. The van der Waals surface area contributed by atoms with Crippen molar-refractivity contribution in [2.45, 2.75) is 25.5 Å². The minimum absolute atomic E-state index is 0.0440. The summed E-state index contributed by atoms with van der Waals surface area (Å²) < 4.78 is 17.9. The SMILES string of the molecule is CC[C@H](C)[S@@](C)(=N)=O. The predicted molar refractivity (Wildman–Crippen MR) is 36.5 cm³/mol. The molecule has 0 rings (SSSR count). The van der Waals surface area contributed by atoms with Crippen molar-refractivity contribution < 1.29 is 4.21 Å². The highest BCUT2D eigenvalue weighted by atomic mass is 32.2. The van der Waals surface area contributed by atoms with Crippen LogP contribution >= 0.6 is 0 Å². The second-order valence-corrected chi connectivity index (χ2v) is 4.74. The molecule has 3 heteroatoms. The lowest BCUT2D eigenvalue weighted by molar-refractivity contribution is 0.665. The van der Waals surface area contributed by atoms with E-state index in [1.165, 1.54) is 6.26 Å². The van der Waals surface area contributed by atoms with E-state index in [2.05, 4.69) is 0 Å². The number of hydrogen-bond acceptors (Lipinski definition) is 2. The molecule has 0 unspecified atom stereocenters. The van der Waals surface area contributed by atoms with Crippen LogP contribution in [-0.2, 0) is 9.73 Å². The monoisotopic (exact) mass is 135 g/mol. The van der Waals surface area contributed by atoms with E-state index in [-0.39, 0.29) is 5.25 Å². The molecular formula is C5H13NOS. The summed E-state index contributed by atoms with van der Waals surface area (Å²) in [6.45, 7) is 3.79. The molecule has 0 radical (unpaired) electrons. The maximum Gasteiger partial charge on any atom is 0.0438 e. The molecule has 0 aromatic rings. The summed E-state index contributed by atoms with van der Waals surface area (Å²) >= 11 is 0. The van der Waals surface area contributed by atoms with Crippen LogP contribution in [-0.4, -0.2) is 15.7 Å². The molecule has 0 aliphatic heterocycles. The summed E-state index contributed by atoms with van der Waals surface area (Å²) in [6.07, 6.45) is 2.32. The van der Waals surface area contributed by atoms with Crippen LogP contribution in [0.15, 0.2) is 0 Å². The van der Waals surface area contributed by atoms with Gasteiger partial charge in [-0.3, -0.25) is 4.78 Å². The third-order valence-electron chi connectivity index (χ3n) is 1.34. The molecule has 2 atom stereocenters. The van der Waals surface area contributed by atoms with Gasteiger partial charge in [0.15, 0.2) is 0 Å². The molecule has 1 N–H and O–H groups in total. The van der Waals surface area contributed by atoms with Crippen LogP contribution in [0.2, 0.25) is 0 Å².